The first-order chi connectivity index (χ1) is 13.9. The van der Waals surface area contributed by atoms with Crippen molar-refractivity contribution >= 4 is 23.2 Å². The van der Waals surface area contributed by atoms with Crippen molar-refractivity contribution in [2.75, 3.05) is 13.2 Å². The van der Waals surface area contributed by atoms with Crippen LogP contribution in [0.2, 0.25) is 0 Å². The molecule has 1 aromatic carbocycles. The maximum absolute atomic E-state index is 12.5. The largest absolute Gasteiger partial charge is 0.452 e. The van der Waals surface area contributed by atoms with Crippen molar-refractivity contribution in [1.82, 2.24) is 15.1 Å². The van der Waals surface area contributed by atoms with Gasteiger partial charge in [-0.05, 0) is 44.2 Å². The lowest BCUT2D eigenvalue weighted by Gasteiger charge is -2.07. The van der Waals surface area contributed by atoms with E-state index in [0.29, 0.717) is 24.3 Å². The van der Waals surface area contributed by atoms with Crippen molar-refractivity contribution < 1.29 is 14.3 Å². The number of aryl methyl sites for hydroxylation is 2. The summed E-state index contributed by atoms with van der Waals surface area (Å²) in [5.74, 6) is -0.833. The van der Waals surface area contributed by atoms with Crippen molar-refractivity contribution in [3.05, 3.63) is 74.7 Å². The minimum Gasteiger partial charge on any atom is -0.452 e. The smallest absolute Gasteiger partial charge is 0.342 e. The molecule has 3 rings (SSSR count). The maximum atomic E-state index is 12.5. The summed E-state index contributed by atoms with van der Waals surface area (Å²) in [5.41, 5.74) is 4.04. The summed E-state index contributed by atoms with van der Waals surface area (Å²) < 4.78 is 7.01. The highest BCUT2D eigenvalue weighted by molar-refractivity contribution is 7.09. The molecule has 0 saturated heterocycles. The number of esters is 1. The Morgan fingerprint density at radius 3 is 2.59 bits per heavy atom. The number of aromatic nitrogens is 2. The van der Waals surface area contributed by atoms with Crippen molar-refractivity contribution in [3.8, 4) is 0 Å². The summed E-state index contributed by atoms with van der Waals surface area (Å²) in [6.45, 7) is 6.44. The molecule has 2 aromatic heterocycles. The Morgan fingerprint density at radius 2 is 1.90 bits per heavy atom. The van der Waals surface area contributed by atoms with E-state index in [0.717, 1.165) is 17.7 Å². The molecule has 2 heterocycles. The Bertz CT molecular complexity index is 976. The topological polar surface area (TPSA) is 73.2 Å². The molecule has 0 aliphatic rings. The molecule has 0 spiro atoms. The molecule has 6 nitrogen and oxygen atoms in total. The summed E-state index contributed by atoms with van der Waals surface area (Å²) in [4.78, 5) is 25.7. The highest BCUT2D eigenvalue weighted by atomic mass is 32.1. The van der Waals surface area contributed by atoms with Crippen molar-refractivity contribution in [1.29, 1.82) is 0 Å². The predicted octanol–water partition coefficient (Wildman–Crippen LogP) is 3.43. The summed E-state index contributed by atoms with van der Waals surface area (Å²) in [5, 5.41) is 9.24. The number of nitrogens with one attached hydrogen (secondary N) is 1. The van der Waals surface area contributed by atoms with Gasteiger partial charge in [0.15, 0.2) is 6.61 Å². The van der Waals surface area contributed by atoms with E-state index >= 15 is 0 Å². The number of hydrogen-bond donors (Lipinski definition) is 1. The van der Waals surface area contributed by atoms with Crippen LogP contribution in [0.5, 0.6) is 0 Å². The fourth-order valence-corrected chi connectivity index (χ4v) is 3.76. The van der Waals surface area contributed by atoms with E-state index in [2.05, 4.69) is 10.4 Å². The van der Waals surface area contributed by atoms with Crippen LogP contribution in [0.15, 0.2) is 41.8 Å². The van der Waals surface area contributed by atoms with Crippen LogP contribution in [0.25, 0.3) is 0 Å². The minimum absolute atomic E-state index is 0.300. The molecule has 0 unspecified atom stereocenters. The van der Waals surface area contributed by atoms with Gasteiger partial charge in [-0.2, -0.15) is 5.10 Å². The van der Waals surface area contributed by atoms with Gasteiger partial charge in [0.05, 0.1) is 17.9 Å². The van der Waals surface area contributed by atoms with E-state index in [9.17, 15) is 9.59 Å². The molecule has 152 valence electrons. The van der Waals surface area contributed by atoms with Gasteiger partial charge in [-0.15, -0.1) is 11.3 Å². The van der Waals surface area contributed by atoms with E-state index in [1.165, 1.54) is 10.4 Å². The van der Waals surface area contributed by atoms with Gasteiger partial charge in [0.25, 0.3) is 5.91 Å². The fourth-order valence-electron chi connectivity index (χ4n) is 3.05. The maximum Gasteiger partial charge on any atom is 0.342 e. The average molecular weight is 412 g/mol. The number of thiophene rings is 1. The first-order valence-corrected chi connectivity index (χ1v) is 10.4. The number of amides is 1. The summed E-state index contributed by atoms with van der Waals surface area (Å²) >= 11 is 1.65. The van der Waals surface area contributed by atoms with Gasteiger partial charge in [0.1, 0.15) is 5.56 Å². The number of rotatable bonds is 8. The number of benzene rings is 1. The average Bonchev–Trinajstić information content (AvgIpc) is 3.30. The third kappa shape index (κ3) is 5.54. The Labute approximate surface area is 174 Å². The number of carbonyl (C=O) groups excluding carboxylic acids is 2. The molecule has 1 N–H and O–H groups in total. The van der Waals surface area contributed by atoms with E-state index in [1.807, 2.05) is 55.6 Å². The Balaban J connectivity index is 1.54. The van der Waals surface area contributed by atoms with Crippen LogP contribution in [0.4, 0.5) is 0 Å². The molecular weight excluding hydrogens is 386 g/mol. The second-order valence-electron chi connectivity index (χ2n) is 6.94. The number of hydrogen-bond acceptors (Lipinski definition) is 5. The monoisotopic (exact) mass is 411 g/mol. The summed E-state index contributed by atoms with van der Waals surface area (Å²) in [6, 6.07) is 12.2. The second-order valence-corrected chi connectivity index (χ2v) is 7.98. The van der Waals surface area contributed by atoms with Gasteiger partial charge in [-0.3, -0.25) is 9.48 Å². The molecule has 0 aliphatic carbocycles. The lowest BCUT2D eigenvalue weighted by atomic mass is 10.1. The highest BCUT2D eigenvalue weighted by Crippen LogP contribution is 2.16. The van der Waals surface area contributed by atoms with Crippen LogP contribution in [0.1, 0.15) is 37.7 Å². The zero-order valence-corrected chi connectivity index (χ0v) is 17.7. The van der Waals surface area contributed by atoms with Crippen LogP contribution in [0, 0.1) is 20.8 Å². The summed E-state index contributed by atoms with van der Waals surface area (Å²) in [6.07, 6.45) is 0.765. The molecule has 0 bridgehead atoms. The highest BCUT2D eigenvalue weighted by Gasteiger charge is 2.21. The quantitative estimate of drug-likeness (QED) is 0.577. The third-order valence-corrected chi connectivity index (χ3v) is 5.58. The van der Waals surface area contributed by atoms with Crippen LogP contribution >= 0.6 is 11.3 Å². The Kier molecular flexibility index (Phi) is 6.82. The van der Waals surface area contributed by atoms with E-state index < -0.39 is 5.97 Å². The number of nitrogens with zero attached hydrogens (tertiary/aromatic N) is 2. The second kappa shape index (κ2) is 9.52. The molecule has 0 radical (unpaired) electrons. The summed E-state index contributed by atoms with van der Waals surface area (Å²) in [7, 11) is 0. The van der Waals surface area contributed by atoms with Gasteiger partial charge in [0, 0.05) is 11.4 Å². The lowest BCUT2D eigenvalue weighted by Crippen LogP contribution is -2.30. The SMILES string of the molecule is Cc1ccc(Cn2nc(C)c(C(=O)OCC(=O)NCCc3cccs3)c2C)cc1. The molecule has 1 amide bonds. The van der Waals surface area contributed by atoms with Crippen LogP contribution in [-0.2, 0) is 22.5 Å². The zero-order valence-electron chi connectivity index (χ0n) is 16.9. The number of ether oxygens (including phenoxy) is 1. The van der Waals surface area contributed by atoms with Gasteiger partial charge < -0.3 is 10.1 Å². The van der Waals surface area contributed by atoms with Crippen molar-refractivity contribution in [3.63, 3.8) is 0 Å². The van der Waals surface area contributed by atoms with Gasteiger partial charge in [-0.25, -0.2) is 4.79 Å². The molecule has 0 aliphatic heterocycles. The molecular formula is C22H25N3O3S. The van der Waals surface area contributed by atoms with E-state index in [1.54, 1.807) is 22.9 Å². The zero-order chi connectivity index (χ0) is 20.8. The fraction of sp³-hybridized carbons (Fsp3) is 0.318. The molecule has 0 fully saturated rings. The lowest BCUT2D eigenvalue weighted by molar-refractivity contribution is -0.124. The number of carbonyl (C=O) groups is 2. The van der Waals surface area contributed by atoms with Crippen molar-refractivity contribution in [2.24, 2.45) is 0 Å². The molecule has 29 heavy (non-hydrogen) atoms. The first kappa shape index (κ1) is 20.8. The van der Waals surface area contributed by atoms with Gasteiger partial charge in [-0.1, -0.05) is 35.9 Å². The van der Waals surface area contributed by atoms with E-state index in [-0.39, 0.29) is 12.5 Å². The first-order valence-electron chi connectivity index (χ1n) is 9.50. The van der Waals surface area contributed by atoms with Crippen LogP contribution < -0.4 is 5.32 Å². The standard InChI is InChI=1S/C22H25N3O3S/c1-15-6-8-18(9-7-15)13-25-17(3)21(16(2)24-25)22(27)28-14-20(26)23-11-10-19-5-4-12-29-19/h4-9,12H,10-11,13-14H2,1-3H3,(H,23,26). The molecule has 0 saturated carbocycles. The van der Waals surface area contributed by atoms with Crippen molar-refractivity contribution in [2.45, 2.75) is 33.7 Å². The molecule has 3 aromatic rings. The molecule has 0 atom stereocenters. The minimum atomic E-state index is -0.524. The van der Waals surface area contributed by atoms with E-state index in [4.69, 9.17) is 4.74 Å². The van der Waals surface area contributed by atoms with Gasteiger partial charge in [0.2, 0.25) is 0 Å². The van der Waals surface area contributed by atoms with Gasteiger partial charge >= 0.3 is 5.97 Å². The third-order valence-electron chi connectivity index (χ3n) is 4.65. The van der Waals surface area contributed by atoms with Crippen LogP contribution in [-0.4, -0.2) is 34.8 Å². The Hall–Kier alpha value is -2.93. The van der Waals surface area contributed by atoms with Crippen LogP contribution in [0.3, 0.4) is 0 Å². The normalized spacial score (nSPS) is 10.7. The Morgan fingerprint density at radius 1 is 1.14 bits per heavy atom. The predicted molar refractivity (Wildman–Crippen MR) is 113 cm³/mol. The molecule has 7 heteroatoms.